The number of primary amides is 1. The zero-order valence-corrected chi connectivity index (χ0v) is 15.9. The van der Waals surface area contributed by atoms with Crippen molar-refractivity contribution in [2.75, 3.05) is 25.1 Å². The molecule has 0 bridgehead atoms. The summed E-state index contributed by atoms with van der Waals surface area (Å²) in [5.74, 6) is 1.83. The number of hydrogen-bond acceptors (Lipinski definition) is 6. The Hall–Kier alpha value is -1.73. The standard InChI is InChI=1S/C18H26N4O2S/c1-11(2)8-13-9-25-16-14(13)15(21-12(3)22-16)20-10-18(17(19)23)4-6-24-7-5-18/h9,11H,4-8,10H2,1-3H3,(H2,19,23)(H,20,21,22). The molecule has 6 nitrogen and oxygen atoms in total. The Morgan fingerprint density at radius 2 is 2.12 bits per heavy atom. The molecule has 0 aliphatic carbocycles. The number of nitrogens with one attached hydrogen (secondary N) is 1. The van der Waals surface area contributed by atoms with Crippen LogP contribution in [0.5, 0.6) is 0 Å². The van der Waals surface area contributed by atoms with Gasteiger partial charge in [0.2, 0.25) is 5.91 Å². The summed E-state index contributed by atoms with van der Waals surface area (Å²) in [5.41, 5.74) is 6.41. The van der Waals surface area contributed by atoms with E-state index in [1.807, 2.05) is 6.92 Å². The van der Waals surface area contributed by atoms with Crippen LogP contribution in [0, 0.1) is 18.3 Å². The fourth-order valence-electron chi connectivity index (χ4n) is 3.35. The van der Waals surface area contributed by atoms with Gasteiger partial charge in [-0.25, -0.2) is 9.97 Å². The van der Waals surface area contributed by atoms with E-state index < -0.39 is 5.41 Å². The molecular formula is C18H26N4O2S. The molecule has 2 aromatic rings. The number of rotatable bonds is 6. The van der Waals surface area contributed by atoms with E-state index in [9.17, 15) is 4.79 Å². The van der Waals surface area contributed by atoms with Crippen molar-refractivity contribution in [1.29, 1.82) is 0 Å². The topological polar surface area (TPSA) is 90.1 Å². The van der Waals surface area contributed by atoms with Crippen LogP contribution in [0.15, 0.2) is 5.38 Å². The lowest BCUT2D eigenvalue weighted by Gasteiger charge is -2.34. The maximum atomic E-state index is 12.1. The highest BCUT2D eigenvalue weighted by Gasteiger charge is 2.38. The first kappa shape index (κ1) is 18.1. The molecule has 0 atom stereocenters. The second kappa shape index (κ2) is 7.25. The van der Waals surface area contributed by atoms with Gasteiger partial charge in [-0.1, -0.05) is 13.8 Å². The molecule has 0 unspecified atom stereocenters. The predicted octanol–water partition coefficient (Wildman–Crippen LogP) is 2.89. The van der Waals surface area contributed by atoms with Gasteiger partial charge in [-0.3, -0.25) is 4.79 Å². The minimum absolute atomic E-state index is 0.266. The van der Waals surface area contributed by atoms with E-state index in [0.717, 1.165) is 28.3 Å². The maximum absolute atomic E-state index is 12.1. The summed E-state index contributed by atoms with van der Waals surface area (Å²) in [6.07, 6.45) is 2.27. The minimum Gasteiger partial charge on any atom is -0.381 e. The number of ether oxygens (including phenoxy) is 1. The van der Waals surface area contributed by atoms with Crippen molar-refractivity contribution >= 4 is 33.3 Å². The number of aromatic nitrogens is 2. The van der Waals surface area contributed by atoms with Gasteiger partial charge in [0, 0.05) is 19.8 Å². The molecule has 1 amide bonds. The molecule has 0 radical (unpaired) electrons. The first-order chi connectivity index (χ1) is 11.9. The van der Waals surface area contributed by atoms with Crippen LogP contribution in [-0.4, -0.2) is 35.6 Å². The Bertz CT molecular complexity index is 766. The molecule has 0 spiro atoms. The van der Waals surface area contributed by atoms with Crippen molar-refractivity contribution in [2.45, 2.75) is 40.0 Å². The van der Waals surface area contributed by atoms with Gasteiger partial charge in [-0.05, 0) is 43.0 Å². The lowest BCUT2D eigenvalue weighted by Crippen LogP contribution is -2.46. The third kappa shape index (κ3) is 3.77. The second-order valence-electron chi connectivity index (χ2n) is 7.27. The Morgan fingerprint density at radius 3 is 2.76 bits per heavy atom. The van der Waals surface area contributed by atoms with Gasteiger partial charge in [-0.2, -0.15) is 0 Å². The monoisotopic (exact) mass is 362 g/mol. The molecule has 3 heterocycles. The summed E-state index contributed by atoms with van der Waals surface area (Å²) in [5, 5.41) is 6.67. The smallest absolute Gasteiger partial charge is 0.225 e. The number of thiophene rings is 1. The zero-order chi connectivity index (χ0) is 18.0. The number of carbonyl (C=O) groups excluding carboxylic acids is 1. The van der Waals surface area contributed by atoms with E-state index in [1.54, 1.807) is 11.3 Å². The first-order valence-corrected chi connectivity index (χ1v) is 9.65. The summed E-state index contributed by atoms with van der Waals surface area (Å²) in [6.45, 7) is 7.92. The molecule has 25 heavy (non-hydrogen) atoms. The number of carbonyl (C=O) groups is 1. The van der Waals surface area contributed by atoms with E-state index in [0.29, 0.717) is 38.5 Å². The third-order valence-corrected chi connectivity index (χ3v) is 5.74. The van der Waals surface area contributed by atoms with Crippen LogP contribution in [0.25, 0.3) is 10.2 Å². The van der Waals surface area contributed by atoms with Gasteiger partial charge in [0.1, 0.15) is 16.5 Å². The van der Waals surface area contributed by atoms with Gasteiger partial charge in [0.25, 0.3) is 0 Å². The van der Waals surface area contributed by atoms with Gasteiger partial charge in [0.05, 0.1) is 10.8 Å². The molecule has 0 aromatic carbocycles. The number of amides is 1. The van der Waals surface area contributed by atoms with Crippen molar-refractivity contribution in [3.8, 4) is 0 Å². The number of aryl methyl sites for hydroxylation is 1. The third-order valence-electron chi connectivity index (χ3n) is 4.82. The van der Waals surface area contributed by atoms with Crippen molar-refractivity contribution in [1.82, 2.24) is 9.97 Å². The molecule has 2 aromatic heterocycles. The fourth-order valence-corrected chi connectivity index (χ4v) is 4.35. The number of nitrogens with zero attached hydrogens (tertiary/aromatic N) is 2. The number of fused-ring (bicyclic) bond motifs is 1. The van der Waals surface area contributed by atoms with Crippen molar-refractivity contribution in [2.24, 2.45) is 17.1 Å². The summed E-state index contributed by atoms with van der Waals surface area (Å²) in [6, 6.07) is 0. The molecule has 1 aliphatic rings. The second-order valence-corrected chi connectivity index (χ2v) is 8.13. The van der Waals surface area contributed by atoms with Crippen LogP contribution >= 0.6 is 11.3 Å². The van der Waals surface area contributed by atoms with Crippen molar-refractivity contribution < 1.29 is 9.53 Å². The quantitative estimate of drug-likeness (QED) is 0.824. The van der Waals surface area contributed by atoms with Crippen molar-refractivity contribution in [3.05, 3.63) is 16.8 Å². The Balaban J connectivity index is 1.92. The van der Waals surface area contributed by atoms with Crippen LogP contribution in [0.3, 0.4) is 0 Å². The molecule has 7 heteroatoms. The van der Waals surface area contributed by atoms with E-state index in [4.69, 9.17) is 10.5 Å². The lowest BCUT2D eigenvalue weighted by molar-refractivity contribution is -0.132. The minimum atomic E-state index is -0.572. The molecule has 1 fully saturated rings. The average molecular weight is 362 g/mol. The first-order valence-electron chi connectivity index (χ1n) is 8.77. The molecule has 3 rings (SSSR count). The SMILES string of the molecule is Cc1nc(NCC2(C(N)=O)CCOCC2)c2c(CC(C)C)csc2n1. The molecule has 3 N–H and O–H groups in total. The fraction of sp³-hybridized carbons (Fsp3) is 0.611. The molecule has 1 saturated heterocycles. The molecule has 0 saturated carbocycles. The molecular weight excluding hydrogens is 336 g/mol. The summed E-state index contributed by atoms with van der Waals surface area (Å²) in [4.78, 5) is 22.3. The Kier molecular flexibility index (Phi) is 5.24. The average Bonchev–Trinajstić information content (AvgIpc) is 2.95. The van der Waals surface area contributed by atoms with Crippen molar-refractivity contribution in [3.63, 3.8) is 0 Å². The summed E-state index contributed by atoms with van der Waals surface area (Å²) in [7, 11) is 0. The molecule has 136 valence electrons. The van der Waals surface area contributed by atoms with Gasteiger partial charge in [-0.15, -0.1) is 11.3 Å². The van der Waals surface area contributed by atoms with Crippen LogP contribution in [0.1, 0.15) is 38.1 Å². The predicted molar refractivity (Wildman–Crippen MR) is 101 cm³/mol. The zero-order valence-electron chi connectivity index (χ0n) is 15.1. The number of hydrogen-bond donors (Lipinski definition) is 2. The van der Waals surface area contributed by atoms with E-state index >= 15 is 0 Å². The van der Waals surface area contributed by atoms with E-state index in [1.165, 1.54) is 5.56 Å². The normalized spacial score (nSPS) is 17.1. The number of anilines is 1. The van der Waals surface area contributed by atoms with Gasteiger partial charge in [0.15, 0.2) is 0 Å². The highest BCUT2D eigenvalue weighted by molar-refractivity contribution is 7.17. The van der Waals surface area contributed by atoms with E-state index in [-0.39, 0.29) is 5.91 Å². The molecule has 1 aliphatic heterocycles. The van der Waals surface area contributed by atoms with Crippen LogP contribution in [0.2, 0.25) is 0 Å². The van der Waals surface area contributed by atoms with Gasteiger partial charge < -0.3 is 15.8 Å². The Morgan fingerprint density at radius 1 is 1.40 bits per heavy atom. The number of nitrogens with two attached hydrogens (primary N) is 1. The Labute approximate surface area is 152 Å². The van der Waals surface area contributed by atoms with Gasteiger partial charge >= 0.3 is 0 Å². The van der Waals surface area contributed by atoms with Crippen LogP contribution < -0.4 is 11.1 Å². The van der Waals surface area contributed by atoms with Crippen LogP contribution in [-0.2, 0) is 16.0 Å². The largest absolute Gasteiger partial charge is 0.381 e. The lowest BCUT2D eigenvalue weighted by atomic mass is 9.79. The summed E-state index contributed by atoms with van der Waals surface area (Å²) >= 11 is 1.65. The van der Waals surface area contributed by atoms with E-state index in [2.05, 4.69) is 34.5 Å². The highest BCUT2D eigenvalue weighted by atomic mass is 32.1. The summed E-state index contributed by atoms with van der Waals surface area (Å²) < 4.78 is 5.41. The van der Waals surface area contributed by atoms with Crippen LogP contribution in [0.4, 0.5) is 5.82 Å². The maximum Gasteiger partial charge on any atom is 0.225 e. The highest BCUT2D eigenvalue weighted by Crippen LogP contribution is 2.34.